The van der Waals surface area contributed by atoms with Crippen molar-refractivity contribution in [2.75, 3.05) is 19.6 Å². The second-order valence-electron chi connectivity index (χ2n) is 6.30. The van der Waals surface area contributed by atoms with E-state index in [1.807, 2.05) is 0 Å². The first-order valence-corrected chi connectivity index (χ1v) is 7.83. The van der Waals surface area contributed by atoms with Crippen LogP contribution in [0.15, 0.2) is 24.3 Å². The summed E-state index contributed by atoms with van der Waals surface area (Å²) in [7, 11) is 0. The molecule has 1 heterocycles. The third-order valence-corrected chi connectivity index (χ3v) is 4.83. The summed E-state index contributed by atoms with van der Waals surface area (Å²) >= 11 is 0. The predicted octanol–water partition coefficient (Wildman–Crippen LogP) is 2.79. The van der Waals surface area contributed by atoms with E-state index in [0.717, 1.165) is 12.5 Å². The van der Waals surface area contributed by atoms with E-state index in [1.165, 1.54) is 32.4 Å². The Labute approximate surface area is 117 Å². The van der Waals surface area contributed by atoms with E-state index in [9.17, 15) is 0 Å². The Balaban J connectivity index is 1.60. The Kier molecular flexibility index (Phi) is 3.90. The third kappa shape index (κ3) is 2.70. The number of nitrogens with zero attached hydrogens (tertiary/aromatic N) is 1. The molecular formula is C17H26N2. The summed E-state index contributed by atoms with van der Waals surface area (Å²) in [4.78, 5) is 2.71. The maximum absolute atomic E-state index is 3.69. The SMILES string of the molecule is CCCC1CN(CC2Cc3ccccc32)C(C)CN1. The van der Waals surface area contributed by atoms with Crippen LogP contribution in [0.25, 0.3) is 0 Å². The molecular weight excluding hydrogens is 232 g/mol. The van der Waals surface area contributed by atoms with Gasteiger partial charge in [-0.25, -0.2) is 0 Å². The van der Waals surface area contributed by atoms with Crippen LogP contribution in [-0.2, 0) is 6.42 Å². The Morgan fingerprint density at radius 3 is 2.95 bits per heavy atom. The van der Waals surface area contributed by atoms with Crippen LogP contribution >= 0.6 is 0 Å². The van der Waals surface area contributed by atoms with E-state index in [-0.39, 0.29) is 0 Å². The second-order valence-corrected chi connectivity index (χ2v) is 6.30. The van der Waals surface area contributed by atoms with Crippen molar-refractivity contribution < 1.29 is 0 Å². The molecule has 0 bridgehead atoms. The minimum Gasteiger partial charge on any atom is -0.311 e. The molecule has 1 aromatic rings. The highest BCUT2D eigenvalue weighted by Gasteiger charge is 2.31. The van der Waals surface area contributed by atoms with Gasteiger partial charge in [-0.1, -0.05) is 37.6 Å². The van der Waals surface area contributed by atoms with Crippen LogP contribution in [-0.4, -0.2) is 36.6 Å². The molecule has 1 N–H and O–H groups in total. The molecule has 104 valence electrons. The average Bonchev–Trinajstić information content (AvgIpc) is 2.40. The normalized spacial score (nSPS) is 30.7. The van der Waals surface area contributed by atoms with Crippen molar-refractivity contribution in [3.05, 3.63) is 35.4 Å². The van der Waals surface area contributed by atoms with Gasteiger partial charge in [0.05, 0.1) is 0 Å². The van der Waals surface area contributed by atoms with Gasteiger partial charge in [-0.2, -0.15) is 0 Å². The first-order valence-electron chi connectivity index (χ1n) is 7.83. The van der Waals surface area contributed by atoms with Crippen LogP contribution in [0.4, 0.5) is 0 Å². The average molecular weight is 258 g/mol. The van der Waals surface area contributed by atoms with Gasteiger partial charge in [-0.15, -0.1) is 0 Å². The minimum absolute atomic E-state index is 0.681. The van der Waals surface area contributed by atoms with Crippen molar-refractivity contribution >= 4 is 0 Å². The molecule has 1 fully saturated rings. The summed E-state index contributed by atoms with van der Waals surface area (Å²) in [5, 5.41) is 3.69. The minimum atomic E-state index is 0.681. The second kappa shape index (κ2) is 5.64. The number of nitrogens with one attached hydrogen (secondary N) is 1. The van der Waals surface area contributed by atoms with Gasteiger partial charge in [0.15, 0.2) is 0 Å². The molecule has 2 nitrogen and oxygen atoms in total. The molecule has 3 unspecified atom stereocenters. The van der Waals surface area contributed by atoms with Gasteiger partial charge in [0.2, 0.25) is 0 Å². The van der Waals surface area contributed by atoms with E-state index in [2.05, 4.69) is 48.3 Å². The van der Waals surface area contributed by atoms with Crippen LogP contribution in [0.5, 0.6) is 0 Å². The largest absolute Gasteiger partial charge is 0.311 e. The van der Waals surface area contributed by atoms with Gasteiger partial charge >= 0.3 is 0 Å². The zero-order valence-electron chi connectivity index (χ0n) is 12.2. The topological polar surface area (TPSA) is 15.3 Å². The number of hydrogen-bond donors (Lipinski definition) is 1. The van der Waals surface area contributed by atoms with Gasteiger partial charge in [0.1, 0.15) is 0 Å². The van der Waals surface area contributed by atoms with Gasteiger partial charge in [0, 0.05) is 37.6 Å². The number of rotatable bonds is 4. The summed E-state index contributed by atoms with van der Waals surface area (Å²) < 4.78 is 0. The molecule has 0 saturated carbocycles. The Bertz CT molecular complexity index is 429. The maximum Gasteiger partial charge on any atom is 0.0195 e. The highest BCUT2D eigenvalue weighted by molar-refractivity contribution is 5.40. The van der Waals surface area contributed by atoms with E-state index in [4.69, 9.17) is 0 Å². The lowest BCUT2D eigenvalue weighted by Gasteiger charge is -2.43. The highest BCUT2D eigenvalue weighted by atomic mass is 15.2. The van der Waals surface area contributed by atoms with Gasteiger partial charge < -0.3 is 5.32 Å². The van der Waals surface area contributed by atoms with E-state index in [1.54, 1.807) is 11.1 Å². The fraction of sp³-hybridized carbons (Fsp3) is 0.647. The first kappa shape index (κ1) is 13.1. The lowest BCUT2D eigenvalue weighted by atomic mass is 9.77. The fourth-order valence-corrected chi connectivity index (χ4v) is 3.60. The molecule has 2 aliphatic rings. The molecule has 1 aliphatic heterocycles. The Morgan fingerprint density at radius 2 is 2.16 bits per heavy atom. The molecule has 0 aromatic heterocycles. The molecule has 1 aromatic carbocycles. The zero-order valence-corrected chi connectivity index (χ0v) is 12.2. The molecule has 0 amide bonds. The van der Waals surface area contributed by atoms with Gasteiger partial charge in [0.25, 0.3) is 0 Å². The van der Waals surface area contributed by atoms with Gasteiger partial charge in [-0.3, -0.25) is 4.90 Å². The number of piperazine rings is 1. The fourth-order valence-electron chi connectivity index (χ4n) is 3.60. The van der Waals surface area contributed by atoms with Crippen LogP contribution in [0.1, 0.15) is 43.7 Å². The Morgan fingerprint density at radius 1 is 1.32 bits per heavy atom. The molecule has 0 radical (unpaired) electrons. The standard InChI is InChI=1S/C17H26N2/c1-3-6-16-12-19(13(2)10-18-16)11-15-9-14-7-4-5-8-17(14)15/h4-5,7-8,13,15-16,18H,3,6,9-12H2,1-2H3. The summed E-state index contributed by atoms with van der Waals surface area (Å²) in [5.74, 6) is 0.777. The quantitative estimate of drug-likeness (QED) is 0.893. The van der Waals surface area contributed by atoms with E-state index >= 15 is 0 Å². The molecule has 3 rings (SSSR count). The smallest absolute Gasteiger partial charge is 0.0195 e. The molecule has 0 spiro atoms. The lowest BCUT2D eigenvalue weighted by molar-refractivity contribution is 0.125. The van der Waals surface area contributed by atoms with Crippen molar-refractivity contribution in [1.29, 1.82) is 0 Å². The third-order valence-electron chi connectivity index (χ3n) is 4.83. The van der Waals surface area contributed by atoms with E-state index < -0.39 is 0 Å². The Hall–Kier alpha value is -0.860. The summed E-state index contributed by atoms with van der Waals surface area (Å²) in [6, 6.07) is 10.3. The number of hydrogen-bond acceptors (Lipinski definition) is 2. The number of fused-ring (bicyclic) bond motifs is 1. The lowest BCUT2D eigenvalue weighted by Crippen LogP contribution is -2.56. The van der Waals surface area contributed by atoms with Crippen molar-refractivity contribution in [2.24, 2.45) is 0 Å². The summed E-state index contributed by atoms with van der Waals surface area (Å²) in [6.45, 7) is 8.28. The molecule has 1 aliphatic carbocycles. The van der Waals surface area contributed by atoms with Crippen LogP contribution in [0, 0.1) is 0 Å². The zero-order chi connectivity index (χ0) is 13.2. The molecule has 3 atom stereocenters. The van der Waals surface area contributed by atoms with Crippen LogP contribution in [0.3, 0.4) is 0 Å². The number of benzene rings is 1. The van der Waals surface area contributed by atoms with Gasteiger partial charge in [-0.05, 0) is 30.9 Å². The first-order chi connectivity index (χ1) is 9.28. The predicted molar refractivity (Wildman–Crippen MR) is 80.6 cm³/mol. The highest BCUT2D eigenvalue weighted by Crippen LogP contribution is 2.35. The van der Waals surface area contributed by atoms with Crippen LogP contribution < -0.4 is 5.32 Å². The monoisotopic (exact) mass is 258 g/mol. The molecule has 1 saturated heterocycles. The molecule has 19 heavy (non-hydrogen) atoms. The van der Waals surface area contributed by atoms with Crippen LogP contribution in [0.2, 0.25) is 0 Å². The van der Waals surface area contributed by atoms with E-state index in [0.29, 0.717) is 12.1 Å². The van der Waals surface area contributed by atoms with Crippen molar-refractivity contribution in [3.63, 3.8) is 0 Å². The van der Waals surface area contributed by atoms with Crippen molar-refractivity contribution in [2.45, 2.75) is 51.1 Å². The van der Waals surface area contributed by atoms with Crippen molar-refractivity contribution in [1.82, 2.24) is 10.2 Å². The molecule has 2 heteroatoms. The maximum atomic E-state index is 3.69. The van der Waals surface area contributed by atoms with Crippen molar-refractivity contribution in [3.8, 4) is 0 Å². The summed E-state index contributed by atoms with van der Waals surface area (Å²) in [5.41, 5.74) is 3.17. The summed E-state index contributed by atoms with van der Waals surface area (Å²) in [6.07, 6.45) is 3.88.